The topological polar surface area (TPSA) is 172 Å². The Kier molecular flexibility index (Phi) is 8.26. The van der Waals surface area contributed by atoms with Gasteiger partial charge in [-0.3, -0.25) is 14.4 Å². The molecule has 1 aliphatic carbocycles. The smallest absolute Gasteiger partial charge is 0.471 e. The number of alkyl halides is 3. The van der Waals surface area contributed by atoms with Gasteiger partial charge >= 0.3 is 18.1 Å². The third-order valence-electron chi connectivity index (χ3n) is 8.71. The quantitative estimate of drug-likeness (QED) is 0.254. The van der Waals surface area contributed by atoms with Gasteiger partial charge in [0.25, 0.3) is 0 Å². The zero-order chi connectivity index (χ0) is 33.9. The minimum absolute atomic E-state index is 0.00161. The Morgan fingerprint density at radius 1 is 1.11 bits per heavy atom. The lowest BCUT2D eigenvalue weighted by atomic mass is 9.78. The van der Waals surface area contributed by atoms with Crippen LogP contribution in [0, 0.1) is 6.92 Å². The van der Waals surface area contributed by atoms with Gasteiger partial charge in [0.15, 0.2) is 5.78 Å². The first-order valence-electron chi connectivity index (χ1n) is 15.0. The van der Waals surface area contributed by atoms with Crippen molar-refractivity contribution in [3.63, 3.8) is 0 Å². The molecule has 250 valence electrons. The van der Waals surface area contributed by atoms with E-state index in [0.29, 0.717) is 5.56 Å². The molecule has 3 aliphatic heterocycles. The van der Waals surface area contributed by atoms with E-state index >= 15 is 0 Å². The number of aromatic hydroxyl groups is 1. The number of nitrogens with one attached hydrogen (secondary N) is 1. The number of rotatable bonds is 7. The Labute approximate surface area is 265 Å². The molecule has 6 atom stereocenters. The molecule has 2 fully saturated rings. The first kappa shape index (κ1) is 32.5. The summed E-state index contributed by atoms with van der Waals surface area (Å²) in [6, 6.07) is 6.26. The number of nitrogens with zero attached hydrogens (tertiary/aromatic N) is 1. The van der Waals surface area contributed by atoms with E-state index in [1.807, 2.05) is 0 Å². The summed E-state index contributed by atoms with van der Waals surface area (Å²) in [6.07, 6.45) is -10.4. The molecule has 3 heterocycles. The van der Waals surface area contributed by atoms with E-state index in [1.54, 1.807) is 18.3 Å². The number of ketones is 2. The van der Waals surface area contributed by atoms with Crippen LogP contribution in [0.5, 0.6) is 11.5 Å². The monoisotopic (exact) mass is 660 g/mol. The van der Waals surface area contributed by atoms with E-state index in [0.717, 1.165) is 0 Å². The number of esters is 1. The van der Waals surface area contributed by atoms with Crippen LogP contribution in [0.2, 0.25) is 0 Å². The van der Waals surface area contributed by atoms with Crippen molar-refractivity contribution in [2.45, 2.75) is 82.6 Å². The van der Waals surface area contributed by atoms with Crippen LogP contribution in [-0.4, -0.2) is 87.0 Å². The van der Waals surface area contributed by atoms with Gasteiger partial charge in [-0.2, -0.15) is 13.2 Å². The number of amides is 1. The second-order valence-electron chi connectivity index (χ2n) is 12.0. The highest BCUT2D eigenvalue weighted by Gasteiger charge is 2.54. The van der Waals surface area contributed by atoms with E-state index in [-0.39, 0.29) is 77.3 Å². The number of phenols is 1. The predicted octanol–water partition coefficient (Wildman–Crippen LogP) is 2.81. The van der Waals surface area contributed by atoms with Gasteiger partial charge in [0.2, 0.25) is 18.3 Å². The molecule has 47 heavy (non-hydrogen) atoms. The third-order valence-corrected chi connectivity index (χ3v) is 8.71. The summed E-state index contributed by atoms with van der Waals surface area (Å²) in [5, 5.41) is 33.2. The van der Waals surface area contributed by atoms with E-state index in [1.165, 1.54) is 36.1 Å². The first-order valence-corrected chi connectivity index (χ1v) is 15.0. The Morgan fingerprint density at radius 3 is 2.55 bits per heavy atom. The number of fused-ring (bicyclic) bond motifs is 6. The summed E-state index contributed by atoms with van der Waals surface area (Å²) < 4.78 is 55.0. The number of phenolic OH excluding ortho intramolecular Hbond substituents is 1. The highest BCUT2D eigenvalue weighted by molar-refractivity contribution is 6.41. The number of aliphatic hydroxyl groups excluding tert-OH is 2. The van der Waals surface area contributed by atoms with E-state index < -0.39 is 66.5 Å². The number of ether oxygens (including phenoxy) is 3. The number of benzene rings is 2. The van der Waals surface area contributed by atoms with Gasteiger partial charge in [-0.25, -0.2) is 4.79 Å². The van der Waals surface area contributed by atoms with Crippen molar-refractivity contribution in [3.8, 4) is 11.5 Å². The SMILES string of the molecule is Cc1cc(O)c2c(c1)C1OC(=O)[C@H](CCCCNC(=O)C(F)(F)F)N1C1=C2C(=O)c2cccc(O[C@H]3C[C@H](O)[C@@H](O)C(C)O3)c2C1=O. The maximum absolute atomic E-state index is 14.5. The fourth-order valence-corrected chi connectivity index (χ4v) is 6.54. The number of carbonyl (C=O) groups excluding carboxylic acids is 4. The summed E-state index contributed by atoms with van der Waals surface area (Å²) in [4.78, 5) is 54.6. The highest BCUT2D eigenvalue weighted by atomic mass is 19.4. The van der Waals surface area contributed by atoms with E-state index in [4.69, 9.17) is 14.2 Å². The molecule has 1 amide bonds. The van der Waals surface area contributed by atoms with Crippen molar-refractivity contribution in [1.29, 1.82) is 0 Å². The fourth-order valence-electron chi connectivity index (χ4n) is 6.54. The van der Waals surface area contributed by atoms with E-state index in [2.05, 4.69) is 0 Å². The molecular weight excluding hydrogens is 629 g/mol. The van der Waals surface area contributed by atoms with Crippen LogP contribution in [0.25, 0.3) is 5.57 Å². The van der Waals surface area contributed by atoms with Crippen LogP contribution in [0.1, 0.15) is 76.2 Å². The molecule has 2 aromatic rings. The summed E-state index contributed by atoms with van der Waals surface area (Å²) in [5.74, 6) is -4.54. The molecular formula is C32H31F3N2O10. The molecule has 0 aromatic heterocycles. The van der Waals surface area contributed by atoms with Crippen LogP contribution >= 0.6 is 0 Å². The first-order chi connectivity index (χ1) is 22.2. The Hall–Kier alpha value is -4.47. The third kappa shape index (κ3) is 5.61. The molecule has 2 aromatic carbocycles. The highest BCUT2D eigenvalue weighted by Crippen LogP contribution is 2.52. The minimum atomic E-state index is -5.04. The normalized spacial score (nSPS) is 26.7. The lowest BCUT2D eigenvalue weighted by Crippen LogP contribution is -2.48. The van der Waals surface area contributed by atoms with Gasteiger partial charge in [-0.15, -0.1) is 0 Å². The second-order valence-corrected chi connectivity index (χ2v) is 12.0. The Bertz CT molecular complexity index is 1690. The fraction of sp³-hybridized carbons (Fsp3) is 0.438. The molecule has 4 N–H and O–H groups in total. The summed E-state index contributed by atoms with van der Waals surface area (Å²) in [5.41, 5.74) is 0.356. The van der Waals surface area contributed by atoms with Crippen LogP contribution in [0.3, 0.4) is 0 Å². The van der Waals surface area contributed by atoms with Crippen molar-refractivity contribution in [2.24, 2.45) is 0 Å². The van der Waals surface area contributed by atoms with Gasteiger partial charge in [0.05, 0.1) is 23.3 Å². The lowest BCUT2D eigenvalue weighted by molar-refractivity contribution is -0.216. The molecule has 0 radical (unpaired) electrons. The maximum atomic E-state index is 14.5. The van der Waals surface area contributed by atoms with Crippen molar-refractivity contribution in [3.05, 3.63) is 63.8 Å². The number of unbranched alkanes of at least 4 members (excludes halogenated alkanes) is 1. The average molecular weight is 661 g/mol. The molecule has 4 aliphatic rings. The predicted molar refractivity (Wildman–Crippen MR) is 154 cm³/mol. The Balaban J connectivity index is 1.36. The van der Waals surface area contributed by atoms with Gasteiger partial charge in [-0.05, 0) is 56.9 Å². The number of halogens is 3. The van der Waals surface area contributed by atoms with Crippen LogP contribution in [-0.2, 0) is 19.1 Å². The number of allylic oxidation sites excluding steroid dienone is 2. The Morgan fingerprint density at radius 2 is 1.85 bits per heavy atom. The van der Waals surface area contributed by atoms with Gasteiger partial charge in [-0.1, -0.05) is 12.1 Å². The van der Waals surface area contributed by atoms with Crippen molar-refractivity contribution < 1.29 is 61.9 Å². The van der Waals surface area contributed by atoms with Crippen LogP contribution in [0.4, 0.5) is 13.2 Å². The lowest BCUT2D eigenvalue weighted by Gasteiger charge is -2.39. The molecule has 12 nitrogen and oxygen atoms in total. The van der Waals surface area contributed by atoms with Gasteiger partial charge in [0.1, 0.15) is 29.3 Å². The van der Waals surface area contributed by atoms with Gasteiger partial charge < -0.3 is 39.7 Å². The van der Waals surface area contributed by atoms with Crippen LogP contribution in [0.15, 0.2) is 36.0 Å². The number of aliphatic hydroxyl groups is 2. The molecule has 6 rings (SSSR count). The number of hydrogen-bond donors (Lipinski definition) is 4. The largest absolute Gasteiger partial charge is 0.507 e. The average Bonchev–Trinajstić information content (AvgIpc) is 3.32. The molecule has 0 saturated carbocycles. The summed E-state index contributed by atoms with van der Waals surface area (Å²) in [7, 11) is 0. The van der Waals surface area contributed by atoms with Crippen molar-refractivity contribution >= 4 is 29.0 Å². The number of carbonyl (C=O) groups is 4. The standard InChI is InChI=1S/C32H31F3N2O10/c1-13-10-16-22(18(38)11-13)24-25(37-17(30(43)47-29(16)37)7-3-4-9-36-31(44)32(33,34)35)28(42)23-15(27(24)41)6-5-8-20(23)46-21-12-19(39)26(40)14(2)45-21/h5-6,8,10-11,14,17,19,21,26,29,38-40H,3-4,7,9,12H2,1-2H3,(H,36,44)/t14?,17-,19-,21-,26-,29?/m0/s1. The number of Topliss-reactive ketones (excluding diaryl/α,β-unsaturated/α-hetero) is 2. The zero-order valence-electron chi connectivity index (χ0n) is 25.2. The number of hydrogen-bond acceptors (Lipinski definition) is 11. The summed E-state index contributed by atoms with van der Waals surface area (Å²) >= 11 is 0. The molecule has 2 unspecified atom stereocenters. The number of aryl methyl sites for hydroxylation is 1. The van der Waals surface area contributed by atoms with Gasteiger partial charge in [0, 0.05) is 29.7 Å². The molecule has 0 spiro atoms. The van der Waals surface area contributed by atoms with Crippen LogP contribution < -0.4 is 10.1 Å². The second kappa shape index (κ2) is 12.0. The van der Waals surface area contributed by atoms with Crippen molar-refractivity contribution in [1.82, 2.24) is 10.2 Å². The summed E-state index contributed by atoms with van der Waals surface area (Å²) in [6.45, 7) is 2.92. The molecule has 0 bridgehead atoms. The molecule has 15 heteroatoms. The zero-order valence-corrected chi connectivity index (χ0v) is 25.2. The van der Waals surface area contributed by atoms with E-state index in [9.17, 15) is 47.7 Å². The molecule has 2 saturated heterocycles. The minimum Gasteiger partial charge on any atom is -0.507 e. The maximum Gasteiger partial charge on any atom is 0.471 e. The van der Waals surface area contributed by atoms with Crippen molar-refractivity contribution in [2.75, 3.05) is 6.54 Å².